The van der Waals surface area contributed by atoms with E-state index in [4.69, 9.17) is 5.11 Å². The van der Waals surface area contributed by atoms with Gasteiger partial charge in [-0.3, -0.25) is 9.78 Å². The summed E-state index contributed by atoms with van der Waals surface area (Å²) in [5.74, 6) is -0.0166. The van der Waals surface area contributed by atoms with E-state index >= 15 is 0 Å². The van der Waals surface area contributed by atoms with Crippen LogP contribution in [-0.4, -0.2) is 34.0 Å². The zero-order chi connectivity index (χ0) is 11.3. The largest absolute Gasteiger partial charge is 0.390 e. The van der Waals surface area contributed by atoms with Crippen LogP contribution < -0.4 is 0 Å². The van der Waals surface area contributed by atoms with Gasteiger partial charge in [0.25, 0.3) is 5.91 Å². The van der Waals surface area contributed by atoms with E-state index < -0.39 is 0 Å². The third kappa shape index (κ3) is 2.76. The predicted octanol–water partition coefficient (Wildman–Crippen LogP) is 1.06. The third-order valence-corrected chi connectivity index (χ3v) is 2.28. The van der Waals surface area contributed by atoms with Gasteiger partial charge in [-0.1, -0.05) is 0 Å². The molecule has 1 heterocycles. The molecule has 1 amide bonds. The summed E-state index contributed by atoms with van der Waals surface area (Å²) in [6.45, 7) is 5.11. The number of pyridine rings is 1. The Morgan fingerprint density at radius 2 is 2.13 bits per heavy atom. The topological polar surface area (TPSA) is 53.4 Å². The SMILES string of the molecule is CCN(CC)C(=O)c1ccnc(CO)c1. The minimum absolute atomic E-state index is 0.0166. The standard InChI is InChI=1S/C11H16N2O2/c1-3-13(4-2)11(15)9-5-6-12-10(7-9)8-14/h5-7,14H,3-4,8H2,1-2H3. The summed E-state index contributed by atoms with van der Waals surface area (Å²) in [4.78, 5) is 17.6. The summed E-state index contributed by atoms with van der Waals surface area (Å²) in [5, 5.41) is 8.91. The number of rotatable bonds is 4. The van der Waals surface area contributed by atoms with Crippen molar-refractivity contribution < 1.29 is 9.90 Å². The minimum atomic E-state index is -0.140. The molecule has 1 aromatic rings. The number of hydrogen-bond acceptors (Lipinski definition) is 3. The van der Waals surface area contributed by atoms with Gasteiger partial charge in [0.05, 0.1) is 12.3 Å². The summed E-state index contributed by atoms with van der Waals surface area (Å²) in [7, 11) is 0. The molecular formula is C11H16N2O2. The summed E-state index contributed by atoms with van der Waals surface area (Å²) in [6.07, 6.45) is 1.54. The molecule has 0 fully saturated rings. The maximum Gasteiger partial charge on any atom is 0.253 e. The van der Waals surface area contributed by atoms with Gasteiger partial charge < -0.3 is 10.0 Å². The van der Waals surface area contributed by atoms with E-state index in [1.54, 1.807) is 23.2 Å². The van der Waals surface area contributed by atoms with Gasteiger partial charge in [0.2, 0.25) is 0 Å². The smallest absolute Gasteiger partial charge is 0.253 e. The summed E-state index contributed by atoms with van der Waals surface area (Å²) < 4.78 is 0. The molecule has 4 nitrogen and oxygen atoms in total. The molecular weight excluding hydrogens is 192 g/mol. The Labute approximate surface area is 89.6 Å². The maximum absolute atomic E-state index is 11.9. The molecule has 0 aromatic carbocycles. The van der Waals surface area contributed by atoms with Crippen molar-refractivity contribution in [2.75, 3.05) is 13.1 Å². The highest BCUT2D eigenvalue weighted by Gasteiger charge is 2.12. The highest BCUT2D eigenvalue weighted by Crippen LogP contribution is 2.06. The zero-order valence-electron chi connectivity index (χ0n) is 9.10. The third-order valence-electron chi connectivity index (χ3n) is 2.28. The molecule has 82 valence electrons. The van der Waals surface area contributed by atoms with E-state index in [1.165, 1.54) is 0 Å². The molecule has 0 radical (unpaired) electrons. The molecule has 0 aliphatic carbocycles. The van der Waals surface area contributed by atoms with Gasteiger partial charge in [0.15, 0.2) is 0 Å². The van der Waals surface area contributed by atoms with Gasteiger partial charge >= 0.3 is 0 Å². The Morgan fingerprint density at radius 1 is 1.47 bits per heavy atom. The van der Waals surface area contributed by atoms with E-state index in [9.17, 15) is 4.79 Å². The highest BCUT2D eigenvalue weighted by molar-refractivity contribution is 5.94. The number of aliphatic hydroxyl groups is 1. The fraction of sp³-hybridized carbons (Fsp3) is 0.455. The van der Waals surface area contributed by atoms with Crippen LogP contribution in [0.15, 0.2) is 18.3 Å². The molecule has 0 atom stereocenters. The van der Waals surface area contributed by atoms with Gasteiger partial charge in [0, 0.05) is 24.8 Å². The summed E-state index contributed by atoms with van der Waals surface area (Å²) in [5.41, 5.74) is 1.10. The average molecular weight is 208 g/mol. The van der Waals surface area contributed by atoms with Crippen LogP contribution in [0.25, 0.3) is 0 Å². The van der Waals surface area contributed by atoms with Crippen LogP contribution >= 0.6 is 0 Å². The molecule has 1 N–H and O–H groups in total. The maximum atomic E-state index is 11.9. The molecule has 0 saturated carbocycles. The average Bonchev–Trinajstić information content (AvgIpc) is 2.30. The number of aliphatic hydroxyl groups excluding tert-OH is 1. The monoisotopic (exact) mass is 208 g/mol. The Balaban J connectivity index is 2.90. The lowest BCUT2D eigenvalue weighted by Crippen LogP contribution is -2.30. The molecule has 0 bridgehead atoms. The van der Waals surface area contributed by atoms with Gasteiger partial charge in [0.1, 0.15) is 0 Å². The molecule has 0 aliphatic rings. The molecule has 0 saturated heterocycles. The number of amides is 1. The lowest BCUT2D eigenvalue weighted by molar-refractivity contribution is 0.0772. The second-order valence-corrected chi connectivity index (χ2v) is 3.17. The van der Waals surface area contributed by atoms with Crippen molar-refractivity contribution in [1.82, 2.24) is 9.88 Å². The first-order valence-corrected chi connectivity index (χ1v) is 5.08. The lowest BCUT2D eigenvalue weighted by Gasteiger charge is -2.18. The number of nitrogens with zero attached hydrogens (tertiary/aromatic N) is 2. The summed E-state index contributed by atoms with van der Waals surface area (Å²) in [6, 6.07) is 3.29. The van der Waals surface area contributed by atoms with Crippen molar-refractivity contribution in [2.24, 2.45) is 0 Å². The number of carbonyl (C=O) groups is 1. The van der Waals surface area contributed by atoms with Gasteiger partial charge in [-0.15, -0.1) is 0 Å². The lowest BCUT2D eigenvalue weighted by atomic mass is 10.2. The minimum Gasteiger partial charge on any atom is -0.390 e. The normalized spacial score (nSPS) is 10.1. The van der Waals surface area contributed by atoms with E-state index in [-0.39, 0.29) is 12.5 Å². The van der Waals surface area contributed by atoms with E-state index in [0.717, 1.165) is 0 Å². The van der Waals surface area contributed by atoms with Crippen LogP contribution in [0.4, 0.5) is 0 Å². The Hall–Kier alpha value is -1.42. The van der Waals surface area contributed by atoms with E-state index in [1.807, 2.05) is 13.8 Å². The van der Waals surface area contributed by atoms with Crippen LogP contribution in [0.1, 0.15) is 29.9 Å². The van der Waals surface area contributed by atoms with Crippen LogP contribution in [0.3, 0.4) is 0 Å². The number of aromatic nitrogens is 1. The first kappa shape index (κ1) is 11.7. The van der Waals surface area contributed by atoms with E-state index in [2.05, 4.69) is 4.98 Å². The van der Waals surface area contributed by atoms with Crippen molar-refractivity contribution >= 4 is 5.91 Å². The van der Waals surface area contributed by atoms with Crippen LogP contribution in [-0.2, 0) is 6.61 Å². The van der Waals surface area contributed by atoms with Crippen molar-refractivity contribution in [3.05, 3.63) is 29.6 Å². The molecule has 1 rings (SSSR count). The van der Waals surface area contributed by atoms with Crippen LogP contribution in [0.2, 0.25) is 0 Å². The predicted molar refractivity (Wildman–Crippen MR) is 57.4 cm³/mol. The highest BCUT2D eigenvalue weighted by atomic mass is 16.3. The Morgan fingerprint density at radius 3 is 2.67 bits per heavy atom. The second kappa shape index (κ2) is 5.46. The Bertz CT molecular complexity index is 335. The molecule has 15 heavy (non-hydrogen) atoms. The van der Waals surface area contributed by atoms with Crippen molar-refractivity contribution in [1.29, 1.82) is 0 Å². The van der Waals surface area contributed by atoms with Gasteiger partial charge in [-0.25, -0.2) is 0 Å². The number of hydrogen-bond donors (Lipinski definition) is 1. The van der Waals surface area contributed by atoms with Crippen molar-refractivity contribution in [3.8, 4) is 0 Å². The van der Waals surface area contributed by atoms with Crippen molar-refractivity contribution in [3.63, 3.8) is 0 Å². The van der Waals surface area contributed by atoms with Gasteiger partial charge in [-0.2, -0.15) is 0 Å². The molecule has 0 unspecified atom stereocenters. The van der Waals surface area contributed by atoms with Crippen LogP contribution in [0, 0.1) is 0 Å². The zero-order valence-corrected chi connectivity index (χ0v) is 9.10. The first-order chi connectivity index (χ1) is 7.22. The molecule has 0 spiro atoms. The quantitative estimate of drug-likeness (QED) is 0.804. The first-order valence-electron chi connectivity index (χ1n) is 5.08. The van der Waals surface area contributed by atoms with Gasteiger partial charge in [-0.05, 0) is 26.0 Å². The second-order valence-electron chi connectivity index (χ2n) is 3.17. The van der Waals surface area contributed by atoms with E-state index in [0.29, 0.717) is 24.3 Å². The number of carbonyl (C=O) groups excluding carboxylic acids is 1. The fourth-order valence-corrected chi connectivity index (χ4v) is 1.39. The molecule has 4 heteroatoms. The molecule has 1 aromatic heterocycles. The molecule has 0 aliphatic heterocycles. The van der Waals surface area contributed by atoms with Crippen LogP contribution in [0.5, 0.6) is 0 Å². The van der Waals surface area contributed by atoms with Crippen molar-refractivity contribution in [2.45, 2.75) is 20.5 Å². The summed E-state index contributed by atoms with van der Waals surface area (Å²) >= 11 is 0. The fourth-order valence-electron chi connectivity index (χ4n) is 1.39. The Kier molecular flexibility index (Phi) is 4.24.